The van der Waals surface area contributed by atoms with Crippen LogP contribution >= 0.6 is 11.8 Å². The zero-order valence-electron chi connectivity index (χ0n) is 23.5. The number of nitrogens with zero attached hydrogens (tertiary/aromatic N) is 4. The van der Waals surface area contributed by atoms with Crippen molar-refractivity contribution < 1.29 is 14.2 Å². The highest BCUT2D eigenvalue weighted by molar-refractivity contribution is 8.03. The highest BCUT2D eigenvalue weighted by atomic mass is 32.2. The second kappa shape index (κ2) is 11.8. The fourth-order valence-electron chi connectivity index (χ4n) is 5.40. The Labute approximate surface area is 237 Å². The molecule has 0 fully saturated rings. The van der Waals surface area contributed by atoms with Crippen LogP contribution < -0.4 is 14.4 Å². The number of pyridine rings is 1. The maximum absolute atomic E-state index is 9.48. The van der Waals surface area contributed by atoms with E-state index in [1.807, 2.05) is 11.8 Å². The Balaban J connectivity index is 1.62. The van der Waals surface area contributed by atoms with Gasteiger partial charge in [-0.1, -0.05) is 60.3 Å². The van der Waals surface area contributed by atoms with Gasteiger partial charge in [0.05, 0.1) is 51.1 Å². The zero-order chi connectivity index (χ0) is 27.4. The quantitative estimate of drug-likeness (QED) is 0.199. The smallest absolute Gasteiger partial charge is 0.282 e. The van der Waals surface area contributed by atoms with E-state index < -0.39 is 0 Å². The van der Waals surface area contributed by atoms with Crippen LogP contribution in [0.15, 0.2) is 94.9 Å². The number of para-hydroxylation sites is 3. The van der Waals surface area contributed by atoms with Crippen molar-refractivity contribution in [3.05, 3.63) is 95.5 Å². The number of anilines is 2. The predicted octanol–water partition coefficient (Wildman–Crippen LogP) is 5.94. The van der Waals surface area contributed by atoms with Crippen LogP contribution in [0.25, 0.3) is 22.7 Å². The largest absolute Gasteiger partial charge is 0.391 e. The minimum Gasteiger partial charge on any atom is -0.391 e. The fourth-order valence-corrected chi connectivity index (χ4v) is 6.51. The van der Waals surface area contributed by atoms with Crippen LogP contribution in [0.1, 0.15) is 18.9 Å². The summed E-state index contributed by atoms with van der Waals surface area (Å²) in [6, 6.07) is 30.4. The van der Waals surface area contributed by atoms with Crippen molar-refractivity contribution in [1.29, 1.82) is 0 Å². The molecule has 3 aromatic carbocycles. The number of fused-ring (bicyclic) bond motifs is 2. The molecule has 202 valence electrons. The Morgan fingerprint density at radius 2 is 1.67 bits per heavy atom. The standard InChI is InChI=1S/C33H40N4OS/c1-5-35(20-13-21-37(3,4)22-23-38)32-24-26(25-33-34(2)30-18-11-12-19-31(30)39-33)28-16-9-10-17-29(28)36(32)27-14-7-6-8-15-27/h6-12,14-19,24-25,38H,5,13,20-23H2,1-4H3/q+2. The molecule has 1 N–H and O–H groups in total. The third-order valence-electron chi connectivity index (χ3n) is 7.64. The van der Waals surface area contributed by atoms with Crippen molar-refractivity contribution in [2.45, 2.75) is 18.2 Å². The Morgan fingerprint density at radius 1 is 0.949 bits per heavy atom. The normalized spacial score (nSPS) is 14.3. The van der Waals surface area contributed by atoms with Gasteiger partial charge in [0, 0.05) is 29.8 Å². The van der Waals surface area contributed by atoms with Gasteiger partial charge in [-0.15, -0.1) is 0 Å². The van der Waals surface area contributed by atoms with Crippen LogP contribution in [0.5, 0.6) is 0 Å². The number of rotatable bonds is 10. The molecule has 6 heteroatoms. The lowest BCUT2D eigenvalue weighted by Crippen LogP contribution is -2.45. The first kappa shape index (κ1) is 27.3. The van der Waals surface area contributed by atoms with E-state index in [9.17, 15) is 5.11 Å². The predicted molar refractivity (Wildman–Crippen MR) is 166 cm³/mol. The van der Waals surface area contributed by atoms with Crippen molar-refractivity contribution >= 4 is 40.2 Å². The second-order valence-electron chi connectivity index (χ2n) is 10.8. The summed E-state index contributed by atoms with van der Waals surface area (Å²) >= 11 is 1.83. The number of thioether (sulfide) groups is 1. The summed E-state index contributed by atoms with van der Waals surface area (Å²) in [6.45, 7) is 6.12. The zero-order valence-corrected chi connectivity index (χ0v) is 24.4. The lowest BCUT2D eigenvalue weighted by Gasteiger charge is -2.29. The Hall–Kier alpha value is -3.32. The van der Waals surface area contributed by atoms with E-state index in [2.05, 4.69) is 133 Å². The van der Waals surface area contributed by atoms with E-state index in [4.69, 9.17) is 0 Å². The van der Waals surface area contributed by atoms with Gasteiger partial charge in [-0.05, 0) is 48.9 Å². The summed E-state index contributed by atoms with van der Waals surface area (Å²) in [7, 11) is 6.56. The summed E-state index contributed by atoms with van der Waals surface area (Å²) in [5.74, 6) is 1.20. The summed E-state index contributed by atoms with van der Waals surface area (Å²) in [5, 5.41) is 11.9. The molecular weight excluding hydrogens is 500 g/mol. The summed E-state index contributed by atoms with van der Waals surface area (Å²) in [6.07, 6.45) is 3.40. The van der Waals surface area contributed by atoms with Crippen molar-refractivity contribution in [1.82, 2.24) is 0 Å². The number of aliphatic hydroxyl groups is 1. The van der Waals surface area contributed by atoms with Crippen LogP contribution in [-0.2, 0) is 0 Å². The second-order valence-corrected chi connectivity index (χ2v) is 11.9. The minimum atomic E-state index is 0.220. The van der Waals surface area contributed by atoms with Gasteiger partial charge in [-0.25, -0.2) is 0 Å². The lowest BCUT2D eigenvalue weighted by molar-refractivity contribution is -0.890. The molecular formula is C33H40N4OS+2. The molecule has 0 unspecified atom stereocenters. The van der Waals surface area contributed by atoms with Crippen LogP contribution in [0.3, 0.4) is 0 Å². The summed E-state index contributed by atoms with van der Waals surface area (Å²) < 4.78 is 3.24. The Bertz CT molecular complexity index is 1470. The van der Waals surface area contributed by atoms with Gasteiger partial charge in [0.2, 0.25) is 0 Å². The molecule has 39 heavy (non-hydrogen) atoms. The van der Waals surface area contributed by atoms with E-state index in [-0.39, 0.29) is 6.61 Å². The third-order valence-corrected chi connectivity index (χ3v) is 8.80. The maximum atomic E-state index is 9.48. The van der Waals surface area contributed by atoms with Crippen molar-refractivity contribution in [2.24, 2.45) is 0 Å². The number of benzene rings is 3. The van der Waals surface area contributed by atoms with Crippen LogP contribution in [0.4, 0.5) is 11.5 Å². The number of hydrogen-bond acceptors (Lipinski definition) is 4. The van der Waals surface area contributed by atoms with Gasteiger partial charge >= 0.3 is 0 Å². The van der Waals surface area contributed by atoms with Crippen molar-refractivity contribution in [2.75, 3.05) is 63.7 Å². The molecule has 5 rings (SSSR count). The van der Waals surface area contributed by atoms with Gasteiger partial charge in [0.1, 0.15) is 17.7 Å². The van der Waals surface area contributed by atoms with Gasteiger partial charge in [0.25, 0.3) is 5.82 Å². The van der Waals surface area contributed by atoms with Gasteiger partial charge in [-0.2, -0.15) is 4.57 Å². The van der Waals surface area contributed by atoms with E-state index in [0.717, 1.165) is 42.8 Å². The Morgan fingerprint density at radius 3 is 2.41 bits per heavy atom. The van der Waals surface area contributed by atoms with E-state index in [1.54, 1.807) is 0 Å². The monoisotopic (exact) mass is 540 g/mol. The van der Waals surface area contributed by atoms with Crippen molar-refractivity contribution in [3.63, 3.8) is 0 Å². The third kappa shape index (κ3) is 5.83. The number of likely N-dealkylation sites (N-methyl/N-ethyl adjacent to an activating group) is 1. The first-order valence-corrected chi connectivity index (χ1v) is 14.7. The molecule has 0 amide bonds. The number of aliphatic hydroxyl groups excluding tert-OH is 1. The molecule has 1 aromatic heterocycles. The average Bonchev–Trinajstić information content (AvgIpc) is 3.26. The van der Waals surface area contributed by atoms with E-state index >= 15 is 0 Å². The lowest BCUT2D eigenvalue weighted by atomic mass is 10.1. The molecule has 0 saturated heterocycles. The summed E-state index contributed by atoms with van der Waals surface area (Å²) in [5.41, 5.74) is 4.85. The Kier molecular flexibility index (Phi) is 8.26. The fraction of sp³-hybridized carbons (Fsp3) is 0.303. The number of quaternary nitrogens is 1. The molecule has 1 aliphatic rings. The van der Waals surface area contributed by atoms with Crippen LogP contribution in [-0.4, -0.2) is 63.5 Å². The van der Waals surface area contributed by atoms with E-state index in [0.29, 0.717) is 0 Å². The number of aromatic nitrogens is 1. The first-order valence-electron chi connectivity index (χ1n) is 13.8. The molecule has 0 spiro atoms. The molecule has 4 aromatic rings. The van der Waals surface area contributed by atoms with Gasteiger partial charge < -0.3 is 14.5 Å². The van der Waals surface area contributed by atoms with Gasteiger partial charge in [-0.3, -0.25) is 4.90 Å². The van der Waals surface area contributed by atoms with Crippen LogP contribution in [0.2, 0.25) is 0 Å². The number of hydrogen-bond donors (Lipinski definition) is 1. The molecule has 0 radical (unpaired) electrons. The topological polar surface area (TPSA) is 30.6 Å². The molecule has 1 aliphatic heterocycles. The molecule has 0 aliphatic carbocycles. The highest BCUT2D eigenvalue weighted by Crippen LogP contribution is 2.45. The van der Waals surface area contributed by atoms with Crippen molar-refractivity contribution in [3.8, 4) is 5.69 Å². The molecule has 5 nitrogen and oxygen atoms in total. The molecule has 2 heterocycles. The molecule has 0 saturated carbocycles. The summed E-state index contributed by atoms with van der Waals surface area (Å²) in [4.78, 5) is 6.09. The average molecular weight is 541 g/mol. The molecule has 0 atom stereocenters. The van der Waals surface area contributed by atoms with E-state index in [1.165, 1.54) is 37.9 Å². The van der Waals surface area contributed by atoms with Crippen LogP contribution in [0, 0.1) is 0 Å². The first-order chi connectivity index (χ1) is 18.9. The highest BCUT2D eigenvalue weighted by Gasteiger charge is 2.27. The maximum Gasteiger partial charge on any atom is 0.282 e. The molecule has 0 bridgehead atoms. The minimum absolute atomic E-state index is 0.220. The van der Waals surface area contributed by atoms with Gasteiger partial charge in [0.15, 0.2) is 0 Å². The SMILES string of the molecule is CCN(CCC[N+](C)(C)CCO)c1cc(/C=C2\Sc3ccccc3N2C)c2ccccc2[n+]1-c1ccccc1.